The molecule has 0 aromatic heterocycles. The molecule has 3 unspecified atom stereocenters. The second-order valence-corrected chi connectivity index (χ2v) is 17.6. The van der Waals surface area contributed by atoms with Crippen LogP contribution in [0.3, 0.4) is 0 Å². The van der Waals surface area contributed by atoms with Crippen molar-refractivity contribution in [3.8, 4) is 0 Å². The molecular formula is C53H99NO5. The predicted molar refractivity (Wildman–Crippen MR) is 255 cm³/mol. The second-order valence-electron chi connectivity index (χ2n) is 17.6. The van der Waals surface area contributed by atoms with Crippen molar-refractivity contribution in [1.82, 2.24) is 5.32 Å². The molecule has 0 radical (unpaired) electrons. The highest BCUT2D eigenvalue weighted by atomic mass is 16.5. The molecule has 0 saturated heterocycles. The van der Waals surface area contributed by atoms with Crippen LogP contribution in [0.2, 0.25) is 0 Å². The van der Waals surface area contributed by atoms with Crippen LogP contribution < -0.4 is 5.32 Å². The first-order valence-corrected chi connectivity index (χ1v) is 25.7. The molecular weight excluding hydrogens is 731 g/mol. The molecule has 0 saturated carbocycles. The zero-order valence-electron chi connectivity index (χ0n) is 39.4. The first-order chi connectivity index (χ1) is 29.0. The Hall–Kier alpha value is -1.92. The molecule has 0 aliphatic heterocycles. The first kappa shape index (κ1) is 57.1. The fourth-order valence-electron chi connectivity index (χ4n) is 7.75. The third-order valence-corrected chi connectivity index (χ3v) is 11.7. The average molecular weight is 830 g/mol. The maximum absolute atomic E-state index is 13.2. The molecule has 3 N–H and O–H groups in total. The number of ether oxygens (including phenoxy) is 1. The number of carbonyl (C=O) groups excluding carboxylic acids is 2. The van der Waals surface area contributed by atoms with Crippen molar-refractivity contribution in [2.45, 2.75) is 283 Å². The van der Waals surface area contributed by atoms with E-state index in [-0.39, 0.29) is 24.9 Å². The lowest BCUT2D eigenvalue weighted by molar-refractivity contribution is -0.151. The van der Waals surface area contributed by atoms with Crippen LogP contribution in [-0.2, 0) is 14.3 Å². The minimum atomic E-state index is -0.788. The quantitative estimate of drug-likeness (QED) is 0.0323. The highest BCUT2D eigenvalue weighted by Gasteiger charge is 2.24. The van der Waals surface area contributed by atoms with Gasteiger partial charge in [-0.2, -0.15) is 0 Å². The Kier molecular flexibility index (Phi) is 45.6. The van der Waals surface area contributed by atoms with Gasteiger partial charge in [0.25, 0.3) is 0 Å². The van der Waals surface area contributed by atoms with Gasteiger partial charge in [-0.05, 0) is 83.5 Å². The highest BCUT2D eigenvalue weighted by molar-refractivity contribution is 5.77. The number of hydrogen-bond donors (Lipinski definition) is 3. The van der Waals surface area contributed by atoms with E-state index in [0.29, 0.717) is 19.3 Å². The Morgan fingerprint density at radius 2 is 0.864 bits per heavy atom. The van der Waals surface area contributed by atoms with Gasteiger partial charge in [0.1, 0.15) is 6.10 Å². The van der Waals surface area contributed by atoms with E-state index in [1.807, 2.05) is 0 Å². The largest absolute Gasteiger partial charge is 0.462 e. The minimum Gasteiger partial charge on any atom is -0.462 e. The summed E-state index contributed by atoms with van der Waals surface area (Å²) in [4.78, 5) is 26.1. The van der Waals surface area contributed by atoms with Crippen LogP contribution >= 0.6 is 0 Å². The summed E-state index contributed by atoms with van der Waals surface area (Å²) in [5.74, 6) is -0.484. The van der Waals surface area contributed by atoms with Crippen LogP contribution in [0.4, 0.5) is 0 Å². The van der Waals surface area contributed by atoms with Crippen LogP contribution in [-0.4, -0.2) is 46.9 Å². The zero-order chi connectivity index (χ0) is 43.1. The van der Waals surface area contributed by atoms with Crippen molar-refractivity contribution >= 4 is 11.9 Å². The van der Waals surface area contributed by atoms with Crippen LogP contribution in [0.1, 0.15) is 265 Å². The normalized spacial score (nSPS) is 13.5. The molecule has 0 spiro atoms. The van der Waals surface area contributed by atoms with E-state index >= 15 is 0 Å². The fraction of sp³-hybridized carbons (Fsp3) is 0.849. The number of nitrogens with one attached hydrogen (secondary N) is 1. The monoisotopic (exact) mass is 830 g/mol. The smallest absolute Gasteiger partial charge is 0.306 e. The van der Waals surface area contributed by atoms with E-state index in [1.54, 1.807) is 0 Å². The van der Waals surface area contributed by atoms with E-state index in [1.165, 1.54) is 141 Å². The number of hydrogen-bond acceptors (Lipinski definition) is 5. The summed E-state index contributed by atoms with van der Waals surface area (Å²) in [5, 5.41) is 23.7. The fourth-order valence-corrected chi connectivity index (χ4v) is 7.75. The molecule has 6 nitrogen and oxygen atoms in total. The van der Waals surface area contributed by atoms with Crippen LogP contribution in [0.25, 0.3) is 0 Å². The van der Waals surface area contributed by atoms with Crippen molar-refractivity contribution in [1.29, 1.82) is 0 Å². The van der Waals surface area contributed by atoms with E-state index in [9.17, 15) is 19.8 Å². The SMILES string of the molecule is CCCCC/C=C\C/C=C\CCCCCCCCCC(=O)OC(CCCCCCC/C=C\CCCCCC)CC(=O)NC(CO)C(O)CCCCCCCCCCCC. The predicted octanol–water partition coefficient (Wildman–Crippen LogP) is 15.3. The van der Waals surface area contributed by atoms with Crippen LogP contribution in [0.15, 0.2) is 36.5 Å². The van der Waals surface area contributed by atoms with Gasteiger partial charge in [0, 0.05) is 6.42 Å². The Morgan fingerprint density at radius 1 is 0.492 bits per heavy atom. The van der Waals surface area contributed by atoms with E-state index in [2.05, 4.69) is 62.5 Å². The molecule has 59 heavy (non-hydrogen) atoms. The Labute approximate surface area is 366 Å². The summed E-state index contributed by atoms with van der Waals surface area (Å²) in [5.41, 5.74) is 0. The summed E-state index contributed by atoms with van der Waals surface area (Å²) in [7, 11) is 0. The third kappa shape index (κ3) is 42.6. The van der Waals surface area contributed by atoms with Gasteiger partial charge in [-0.25, -0.2) is 0 Å². The molecule has 0 bridgehead atoms. The van der Waals surface area contributed by atoms with Gasteiger partial charge in [-0.3, -0.25) is 9.59 Å². The maximum Gasteiger partial charge on any atom is 0.306 e. The van der Waals surface area contributed by atoms with Crippen LogP contribution in [0.5, 0.6) is 0 Å². The molecule has 0 aliphatic rings. The van der Waals surface area contributed by atoms with E-state index in [0.717, 1.165) is 77.0 Å². The molecule has 346 valence electrons. The van der Waals surface area contributed by atoms with Gasteiger partial charge in [0.15, 0.2) is 0 Å². The maximum atomic E-state index is 13.2. The van der Waals surface area contributed by atoms with Gasteiger partial charge in [0.2, 0.25) is 5.91 Å². The Balaban J connectivity index is 4.56. The van der Waals surface area contributed by atoms with E-state index in [4.69, 9.17) is 4.74 Å². The number of amides is 1. The summed E-state index contributed by atoms with van der Waals surface area (Å²) in [6.07, 6.45) is 54.9. The lowest BCUT2D eigenvalue weighted by Gasteiger charge is -2.24. The number of allylic oxidation sites excluding steroid dienone is 6. The summed E-state index contributed by atoms with van der Waals surface area (Å²) in [6, 6.07) is -0.702. The van der Waals surface area contributed by atoms with Crippen molar-refractivity contribution in [3.05, 3.63) is 36.5 Å². The van der Waals surface area contributed by atoms with Gasteiger partial charge >= 0.3 is 5.97 Å². The molecule has 0 aliphatic carbocycles. The number of rotatable bonds is 46. The number of aliphatic hydroxyl groups excluding tert-OH is 2. The summed E-state index contributed by atoms with van der Waals surface area (Å²) < 4.78 is 5.93. The van der Waals surface area contributed by atoms with Gasteiger partial charge in [-0.1, -0.05) is 205 Å². The molecule has 6 heteroatoms. The van der Waals surface area contributed by atoms with Gasteiger partial charge < -0.3 is 20.3 Å². The summed E-state index contributed by atoms with van der Waals surface area (Å²) >= 11 is 0. The number of aliphatic hydroxyl groups is 2. The number of carbonyl (C=O) groups is 2. The minimum absolute atomic E-state index is 0.0706. The van der Waals surface area contributed by atoms with Crippen molar-refractivity contribution < 1.29 is 24.5 Å². The van der Waals surface area contributed by atoms with Crippen molar-refractivity contribution in [3.63, 3.8) is 0 Å². The average Bonchev–Trinajstić information content (AvgIpc) is 3.23. The third-order valence-electron chi connectivity index (χ3n) is 11.7. The van der Waals surface area contributed by atoms with Crippen molar-refractivity contribution in [2.24, 2.45) is 0 Å². The zero-order valence-corrected chi connectivity index (χ0v) is 39.4. The lowest BCUT2D eigenvalue weighted by Crippen LogP contribution is -2.46. The molecule has 0 rings (SSSR count). The molecule has 0 fully saturated rings. The number of esters is 1. The van der Waals surface area contributed by atoms with Gasteiger partial charge in [-0.15, -0.1) is 0 Å². The molecule has 0 aromatic carbocycles. The van der Waals surface area contributed by atoms with Gasteiger partial charge in [0.05, 0.1) is 25.2 Å². The highest BCUT2D eigenvalue weighted by Crippen LogP contribution is 2.18. The topological polar surface area (TPSA) is 95.9 Å². The Bertz CT molecular complexity index is 977. The molecule has 3 atom stereocenters. The lowest BCUT2D eigenvalue weighted by atomic mass is 10.0. The molecule has 0 heterocycles. The first-order valence-electron chi connectivity index (χ1n) is 25.7. The Morgan fingerprint density at radius 3 is 1.36 bits per heavy atom. The van der Waals surface area contributed by atoms with E-state index < -0.39 is 18.2 Å². The molecule has 0 aromatic rings. The number of unbranched alkanes of at least 4 members (excludes halogenated alkanes) is 28. The standard InChI is InChI=1S/C53H99NO5/c1-4-7-10-13-16-19-22-24-25-26-27-29-31-34-37-40-43-46-53(58)59-49(44-41-38-35-32-30-28-23-20-17-14-11-8-5-2)47-52(57)54-50(48-55)51(56)45-42-39-36-33-21-18-15-12-9-6-3/h16,19-20,23-25,49-51,55-56H,4-15,17-18,21-22,26-48H2,1-3H3,(H,54,57)/b19-16-,23-20-,25-24-. The van der Waals surface area contributed by atoms with Crippen LogP contribution in [0, 0.1) is 0 Å². The van der Waals surface area contributed by atoms with Crippen molar-refractivity contribution in [2.75, 3.05) is 6.61 Å². The summed E-state index contributed by atoms with van der Waals surface area (Å²) in [6.45, 7) is 6.44. The second kappa shape index (κ2) is 47.1. The molecule has 1 amide bonds.